The van der Waals surface area contributed by atoms with E-state index in [1.807, 2.05) is 30.7 Å². The second-order valence-corrected chi connectivity index (χ2v) is 9.15. The first-order chi connectivity index (χ1) is 15.8. The van der Waals surface area contributed by atoms with Gasteiger partial charge in [0.25, 0.3) is 5.91 Å². The van der Waals surface area contributed by atoms with Crippen LogP contribution in [-0.2, 0) is 18.3 Å². The molecule has 170 valence electrons. The molecule has 0 radical (unpaired) electrons. The van der Waals surface area contributed by atoms with Crippen molar-refractivity contribution in [2.75, 3.05) is 13.6 Å². The van der Waals surface area contributed by atoms with Gasteiger partial charge in [-0.3, -0.25) is 9.59 Å². The molecule has 2 heterocycles. The van der Waals surface area contributed by atoms with E-state index in [9.17, 15) is 14.9 Å². The molecule has 4 rings (SSSR count). The van der Waals surface area contributed by atoms with Gasteiger partial charge >= 0.3 is 0 Å². The molecule has 1 aromatic heterocycles. The zero-order valence-electron chi connectivity index (χ0n) is 18.7. The van der Waals surface area contributed by atoms with Crippen molar-refractivity contribution in [1.29, 1.82) is 5.26 Å². The Labute approximate surface area is 202 Å². The molecule has 1 N–H and O–H groups in total. The van der Waals surface area contributed by atoms with Crippen LogP contribution in [0.3, 0.4) is 0 Å². The summed E-state index contributed by atoms with van der Waals surface area (Å²) in [5, 5.41) is 13.8. The van der Waals surface area contributed by atoms with Gasteiger partial charge in [0.2, 0.25) is 5.91 Å². The van der Waals surface area contributed by atoms with Gasteiger partial charge in [-0.2, -0.15) is 5.26 Å². The summed E-state index contributed by atoms with van der Waals surface area (Å²) < 4.78 is 2.02. The molecule has 33 heavy (non-hydrogen) atoms. The normalized spacial score (nSPS) is 15.6. The van der Waals surface area contributed by atoms with Gasteiger partial charge in [0, 0.05) is 48.7 Å². The zero-order valence-corrected chi connectivity index (χ0v) is 20.2. The summed E-state index contributed by atoms with van der Waals surface area (Å²) in [6.45, 7) is 2.49. The zero-order chi connectivity index (χ0) is 23.9. The van der Waals surface area contributed by atoms with E-state index in [0.717, 1.165) is 28.6 Å². The van der Waals surface area contributed by atoms with Gasteiger partial charge in [0.15, 0.2) is 0 Å². The molecule has 1 saturated heterocycles. The summed E-state index contributed by atoms with van der Waals surface area (Å²) >= 11 is 13.3. The van der Waals surface area contributed by atoms with E-state index < -0.39 is 6.04 Å². The van der Waals surface area contributed by atoms with Crippen molar-refractivity contribution in [2.24, 2.45) is 7.05 Å². The topological polar surface area (TPSA) is 78.1 Å². The highest BCUT2D eigenvalue weighted by atomic mass is 35.5. The van der Waals surface area contributed by atoms with Crippen LogP contribution >= 0.6 is 23.2 Å². The van der Waals surface area contributed by atoms with E-state index in [2.05, 4.69) is 17.5 Å². The van der Waals surface area contributed by atoms with Gasteiger partial charge in [-0.1, -0.05) is 23.2 Å². The van der Waals surface area contributed by atoms with Crippen LogP contribution < -0.4 is 5.32 Å². The highest BCUT2D eigenvalue weighted by Gasteiger charge is 2.35. The summed E-state index contributed by atoms with van der Waals surface area (Å²) in [4.78, 5) is 27.1. The highest BCUT2D eigenvalue weighted by Crippen LogP contribution is 2.34. The molecule has 0 spiro atoms. The van der Waals surface area contributed by atoms with E-state index in [1.54, 1.807) is 24.1 Å². The third kappa shape index (κ3) is 4.07. The number of likely N-dealkylation sites (tertiary alicyclic amines) is 1. The van der Waals surface area contributed by atoms with Crippen molar-refractivity contribution in [3.63, 3.8) is 0 Å². The summed E-state index contributed by atoms with van der Waals surface area (Å²) in [5.41, 5.74) is 4.53. The van der Waals surface area contributed by atoms with Crippen molar-refractivity contribution in [2.45, 2.75) is 32.2 Å². The Morgan fingerprint density at radius 3 is 2.70 bits per heavy atom. The van der Waals surface area contributed by atoms with Crippen LogP contribution in [0.4, 0.5) is 0 Å². The lowest BCUT2D eigenvalue weighted by Crippen LogP contribution is -2.45. The molecule has 0 unspecified atom stereocenters. The van der Waals surface area contributed by atoms with E-state index in [0.29, 0.717) is 46.1 Å². The maximum Gasteiger partial charge on any atom is 0.256 e. The van der Waals surface area contributed by atoms with Crippen molar-refractivity contribution in [1.82, 2.24) is 14.8 Å². The molecule has 1 aliphatic heterocycles. The number of hydrogen-bond donors (Lipinski definition) is 1. The number of hydrogen-bond acceptors (Lipinski definition) is 3. The van der Waals surface area contributed by atoms with Crippen LogP contribution in [0.15, 0.2) is 30.3 Å². The minimum Gasteiger partial charge on any atom is -0.357 e. The number of benzene rings is 2. The standard InChI is InChI=1S/C25H24Cl2N4O2/c1-14-9-15(13-28)10-22-18(14)11-16(30(22)3)12-19-20(26)7-6-17(23(19)27)25(33)31-8-4-5-21(31)24(32)29-2/h6-7,9-11,21H,4-5,8,12H2,1-3H3,(H,29,32)/t21-/m0/s1. The number of aromatic nitrogens is 1. The Morgan fingerprint density at radius 2 is 2.00 bits per heavy atom. The molecule has 0 aliphatic carbocycles. The van der Waals surface area contributed by atoms with Gasteiger partial charge in [-0.05, 0) is 61.2 Å². The number of halogens is 2. The van der Waals surface area contributed by atoms with E-state index in [1.165, 1.54) is 0 Å². The van der Waals surface area contributed by atoms with Crippen molar-refractivity contribution in [3.05, 3.63) is 68.3 Å². The number of amides is 2. The number of fused-ring (bicyclic) bond motifs is 1. The van der Waals surface area contributed by atoms with E-state index in [4.69, 9.17) is 23.2 Å². The number of aryl methyl sites for hydroxylation is 2. The molecular formula is C25H24Cl2N4O2. The fraction of sp³-hybridized carbons (Fsp3) is 0.320. The lowest BCUT2D eigenvalue weighted by atomic mass is 10.0. The Kier molecular flexibility index (Phi) is 6.38. The maximum atomic E-state index is 13.3. The van der Waals surface area contributed by atoms with Gasteiger partial charge in [0.1, 0.15) is 6.04 Å². The minimum atomic E-state index is -0.492. The molecule has 2 amide bonds. The van der Waals surface area contributed by atoms with Gasteiger partial charge in [0.05, 0.1) is 22.2 Å². The van der Waals surface area contributed by atoms with Crippen molar-refractivity contribution < 1.29 is 9.59 Å². The number of nitrogens with zero attached hydrogens (tertiary/aromatic N) is 3. The van der Waals surface area contributed by atoms with Crippen LogP contribution in [0, 0.1) is 18.3 Å². The molecule has 1 fully saturated rings. The molecule has 0 bridgehead atoms. The predicted molar refractivity (Wildman–Crippen MR) is 130 cm³/mol. The molecule has 1 atom stereocenters. The SMILES string of the molecule is CNC(=O)[C@@H]1CCCN1C(=O)c1ccc(Cl)c(Cc2cc3c(C)cc(C#N)cc3n2C)c1Cl. The first-order valence-electron chi connectivity index (χ1n) is 10.7. The summed E-state index contributed by atoms with van der Waals surface area (Å²) in [5.74, 6) is -0.440. The van der Waals surface area contributed by atoms with Gasteiger partial charge < -0.3 is 14.8 Å². The largest absolute Gasteiger partial charge is 0.357 e. The molecular weight excluding hydrogens is 459 g/mol. The Bertz CT molecular complexity index is 1320. The summed E-state index contributed by atoms with van der Waals surface area (Å²) in [7, 11) is 3.51. The van der Waals surface area contributed by atoms with Gasteiger partial charge in [-0.25, -0.2) is 0 Å². The van der Waals surface area contributed by atoms with Crippen molar-refractivity contribution in [3.8, 4) is 6.07 Å². The summed E-state index contributed by atoms with van der Waals surface area (Å²) in [6.07, 6.45) is 1.81. The minimum absolute atomic E-state index is 0.172. The second kappa shape index (κ2) is 9.09. The summed E-state index contributed by atoms with van der Waals surface area (Å²) in [6, 6.07) is 10.8. The fourth-order valence-corrected chi connectivity index (χ4v) is 5.19. The number of carbonyl (C=O) groups excluding carboxylic acids is 2. The molecule has 1 aliphatic rings. The Balaban J connectivity index is 1.72. The number of rotatable bonds is 4. The Morgan fingerprint density at radius 1 is 1.24 bits per heavy atom. The lowest BCUT2D eigenvalue weighted by molar-refractivity contribution is -0.124. The molecule has 2 aromatic carbocycles. The molecule has 3 aromatic rings. The molecule has 6 nitrogen and oxygen atoms in total. The third-order valence-corrected chi connectivity index (χ3v) is 7.22. The van der Waals surface area contributed by atoms with E-state index in [-0.39, 0.29) is 11.8 Å². The number of nitriles is 1. The van der Waals surface area contributed by atoms with Crippen LogP contribution in [-0.4, -0.2) is 40.9 Å². The number of likely N-dealkylation sites (N-methyl/N-ethyl adjacent to an activating group) is 1. The average Bonchev–Trinajstić information content (AvgIpc) is 3.41. The molecule has 0 saturated carbocycles. The van der Waals surface area contributed by atoms with E-state index >= 15 is 0 Å². The van der Waals surface area contributed by atoms with Crippen LogP contribution in [0.5, 0.6) is 0 Å². The predicted octanol–water partition coefficient (Wildman–Crippen LogP) is 4.61. The quantitative estimate of drug-likeness (QED) is 0.589. The highest BCUT2D eigenvalue weighted by molar-refractivity contribution is 6.38. The Hall–Kier alpha value is -3.01. The number of nitrogens with one attached hydrogen (secondary N) is 1. The molecule has 8 heteroatoms. The smallest absolute Gasteiger partial charge is 0.256 e. The van der Waals surface area contributed by atoms with Crippen LogP contribution in [0.1, 0.15) is 45.6 Å². The first kappa shape index (κ1) is 23.2. The van der Waals surface area contributed by atoms with Crippen molar-refractivity contribution >= 4 is 45.9 Å². The maximum absolute atomic E-state index is 13.3. The van der Waals surface area contributed by atoms with Gasteiger partial charge in [-0.15, -0.1) is 0 Å². The lowest BCUT2D eigenvalue weighted by Gasteiger charge is -2.24. The monoisotopic (exact) mass is 482 g/mol. The second-order valence-electron chi connectivity index (χ2n) is 8.37. The average molecular weight is 483 g/mol. The van der Waals surface area contributed by atoms with Crippen LogP contribution in [0.2, 0.25) is 10.0 Å². The number of carbonyl (C=O) groups is 2. The first-order valence-corrected chi connectivity index (χ1v) is 11.5. The van der Waals surface area contributed by atoms with Crippen LogP contribution in [0.25, 0.3) is 10.9 Å². The fourth-order valence-electron chi connectivity index (χ4n) is 4.61. The third-order valence-electron chi connectivity index (χ3n) is 6.43.